The number of hydrogen-bond donors (Lipinski definition) is 2. The van der Waals surface area contributed by atoms with Gasteiger partial charge in [0.2, 0.25) is 0 Å². The van der Waals surface area contributed by atoms with Crippen LogP contribution in [0.1, 0.15) is 34.8 Å². The van der Waals surface area contributed by atoms with Crippen LogP contribution in [0.15, 0.2) is 66.7 Å². The van der Waals surface area contributed by atoms with Crippen molar-refractivity contribution < 1.29 is 19.7 Å². The van der Waals surface area contributed by atoms with Gasteiger partial charge in [-0.3, -0.25) is 4.79 Å². The monoisotopic (exact) mass is 467 g/mol. The number of carbonyl (C=O) groups is 1. The third-order valence-electron chi connectivity index (χ3n) is 6.75. The molecule has 5 rings (SSSR count). The minimum Gasteiger partial charge on any atom is -0.491 e. The van der Waals surface area contributed by atoms with Crippen molar-refractivity contribution in [3.63, 3.8) is 0 Å². The smallest absolute Gasteiger partial charge is 0.169 e. The van der Waals surface area contributed by atoms with Gasteiger partial charge in [0.15, 0.2) is 5.78 Å². The van der Waals surface area contributed by atoms with E-state index < -0.39 is 6.10 Å². The van der Waals surface area contributed by atoms with Crippen molar-refractivity contribution in [2.24, 2.45) is 5.92 Å². The number of aliphatic hydroxyl groups excluding tert-OH is 2. The molecule has 3 aromatic carbocycles. The molecule has 0 saturated heterocycles. The second kappa shape index (κ2) is 9.61. The summed E-state index contributed by atoms with van der Waals surface area (Å²) in [5, 5.41) is 19.7. The van der Waals surface area contributed by atoms with Crippen LogP contribution in [0.5, 0.6) is 5.75 Å². The Labute approximate surface area is 205 Å². The Morgan fingerprint density at radius 2 is 1.63 bits per heavy atom. The Hall–Kier alpha value is -3.54. The predicted molar refractivity (Wildman–Crippen MR) is 138 cm³/mol. The molecule has 0 spiro atoms. The van der Waals surface area contributed by atoms with Gasteiger partial charge >= 0.3 is 0 Å². The average molecular weight is 468 g/mol. The first-order chi connectivity index (χ1) is 17.0. The number of ether oxygens (including phenoxy) is 1. The van der Waals surface area contributed by atoms with Gasteiger partial charge in [0, 0.05) is 16.5 Å². The Bertz CT molecular complexity index is 1380. The summed E-state index contributed by atoms with van der Waals surface area (Å²) in [6, 6.07) is 22.1. The van der Waals surface area contributed by atoms with Crippen LogP contribution in [0, 0.1) is 12.8 Å². The molecule has 0 amide bonds. The average Bonchev–Trinajstić information content (AvgIpc) is 3.63. The third-order valence-corrected chi connectivity index (χ3v) is 6.75. The quantitative estimate of drug-likeness (QED) is 0.341. The number of aliphatic hydroxyl groups is 2. The third kappa shape index (κ3) is 4.57. The molecule has 5 nitrogen and oxygen atoms in total. The summed E-state index contributed by atoms with van der Waals surface area (Å²) >= 11 is 0. The van der Waals surface area contributed by atoms with Gasteiger partial charge < -0.3 is 14.9 Å². The number of fused-ring (bicyclic) bond motifs is 1. The maximum atomic E-state index is 13.4. The molecule has 2 N–H and O–H groups in total. The van der Waals surface area contributed by atoms with Crippen molar-refractivity contribution in [2.45, 2.75) is 32.8 Å². The van der Waals surface area contributed by atoms with Crippen LogP contribution in [0.25, 0.3) is 33.3 Å². The number of aryl methyl sites for hydroxylation is 1. The van der Waals surface area contributed by atoms with E-state index in [2.05, 4.69) is 31.2 Å². The number of nitrogens with zero attached hydrogens (tertiary/aromatic N) is 1. The van der Waals surface area contributed by atoms with Crippen molar-refractivity contribution in [3.8, 4) is 28.1 Å². The zero-order chi connectivity index (χ0) is 24.5. The molecule has 0 radical (unpaired) electrons. The second-order valence-electron chi connectivity index (χ2n) is 9.11. The summed E-state index contributed by atoms with van der Waals surface area (Å²) in [5.41, 5.74) is 7.35. The molecule has 2 atom stereocenters. The predicted octanol–water partition coefficient (Wildman–Crippen LogP) is 5.37. The minimum atomic E-state index is -0.539. The highest BCUT2D eigenvalue weighted by Crippen LogP contribution is 2.39. The number of rotatable bonds is 8. The molecule has 1 aromatic heterocycles. The SMILES string of the molecule is CCc1ccc2nc(-c3ccc(-c4ccc(OCCO)cc4)cc3)c(C)c(C(=O)C3CC3O)c2c1. The van der Waals surface area contributed by atoms with E-state index in [1.54, 1.807) is 0 Å². The first-order valence-electron chi connectivity index (χ1n) is 12.1. The summed E-state index contributed by atoms with van der Waals surface area (Å²) in [7, 11) is 0. The van der Waals surface area contributed by atoms with Gasteiger partial charge in [0.25, 0.3) is 0 Å². The molecule has 35 heavy (non-hydrogen) atoms. The molecule has 0 bridgehead atoms. The number of hydrogen-bond acceptors (Lipinski definition) is 5. The van der Waals surface area contributed by atoms with E-state index in [0.29, 0.717) is 12.0 Å². The van der Waals surface area contributed by atoms with Crippen LogP contribution < -0.4 is 4.74 Å². The summed E-state index contributed by atoms with van der Waals surface area (Å²) in [5.74, 6) is 0.417. The Balaban J connectivity index is 1.53. The van der Waals surface area contributed by atoms with Gasteiger partial charge in [-0.05, 0) is 66.3 Å². The van der Waals surface area contributed by atoms with Gasteiger partial charge in [-0.15, -0.1) is 0 Å². The zero-order valence-electron chi connectivity index (χ0n) is 20.0. The first-order valence-corrected chi connectivity index (χ1v) is 12.1. The lowest BCUT2D eigenvalue weighted by Gasteiger charge is -2.15. The van der Waals surface area contributed by atoms with E-state index >= 15 is 0 Å². The van der Waals surface area contributed by atoms with Crippen molar-refractivity contribution in [2.75, 3.05) is 13.2 Å². The molecule has 1 saturated carbocycles. The molecular formula is C30H29NO4. The zero-order valence-corrected chi connectivity index (χ0v) is 20.0. The van der Waals surface area contributed by atoms with Gasteiger partial charge in [-0.1, -0.05) is 49.4 Å². The van der Waals surface area contributed by atoms with E-state index in [1.807, 2.05) is 49.4 Å². The summed E-state index contributed by atoms with van der Waals surface area (Å²) < 4.78 is 5.44. The largest absolute Gasteiger partial charge is 0.491 e. The minimum absolute atomic E-state index is 0.0111. The summed E-state index contributed by atoms with van der Waals surface area (Å²) in [6.45, 7) is 4.32. The van der Waals surface area contributed by atoms with Gasteiger partial charge in [-0.25, -0.2) is 4.98 Å². The van der Waals surface area contributed by atoms with E-state index in [1.165, 1.54) is 0 Å². The molecule has 178 valence electrons. The lowest BCUT2D eigenvalue weighted by Crippen LogP contribution is -2.10. The molecule has 1 fully saturated rings. The fourth-order valence-corrected chi connectivity index (χ4v) is 4.60. The summed E-state index contributed by atoms with van der Waals surface area (Å²) in [4.78, 5) is 18.3. The van der Waals surface area contributed by atoms with E-state index in [4.69, 9.17) is 14.8 Å². The topological polar surface area (TPSA) is 79.7 Å². The van der Waals surface area contributed by atoms with Crippen molar-refractivity contribution in [1.82, 2.24) is 4.98 Å². The fraction of sp³-hybridized carbons (Fsp3) is 0.267. The normalized spacial score (nSPS) is 16.9. The van der Waals surface area contributed by atoms with E-state index in [0.717, 1.165) is 56.6 Å². The standard InChI is InChI=1S/C30H29NO4/c1-3-19-4-13-26-24(16-19)28(30(34)25-17-27(25)33)18(2)29(31-26)22-7-5-20(6-8-22)21-9-11-23(12-10-21)35-15-14-32/h4-13,16,25,27,32-33H,3,14-15,17H2,1-2H3. The van der Waals surface area contributed by atoms with Gasteiger partial charge in [-0.2, -0.15) is 0 Å². The van der Waals surface area contributed by atoms with Crippen molar-refractivity contribution in [3.05, 3.63) is 83.4 Å². The molecule has 5 heteroatoms. The van der Waals surface area contributed by atoms with Crippen LogP contribution in [0.3, 0.4) is 0 Å². The Kier molecular flexibility index (Phi) is 6.37. The Morgan fingerprint density at radius 3 is 2.23 bits per heavy atom. The maximum Gasteiger partial charge on any atom is 0.169 e. The van der Waals surface area contributed by atoms with Crippen molar-refractivity contribution >= 4 is 16.7 Å². The van der Waals surface area contributed by atoms with Crippen LogP contribution in [0.4, 0.5) is 0 Å². The van der Waals surface area contributed by atoms with E-state index in [9.17, 15) is 9.90 Å². The van der Waals surface area contributed by atoms with Crippen LogP contribution in [-0.4, -0.2) is 40.3 Å². The number of carbonyl (C=O) groups excluding carboxylic acids is 1. The molecule has 2 unspecified atom stereocenters. The van der Waals surface area contributed by atoms with Crippen LogP contribution >= 0.6 is 0 Å². The number of pyridine rings is 1. The molecule has 1 aliphatic carbocycles. The number of ketones is 1. The van der Waals surface area contributed by atoms with Gasteiger partial charge in [0.1, 0.15) is 12.4 Å². The number of Topliss-reactive ketones (excluding diaryl/α,β-unsaturated/α-hetero) is 1. The maximum absolute atomic E-state index is 13.4. The second-order valence-corrected chi connectivity index (χ2v) is 9.11. The number of aromatic nitrogens is 1. The van der Waals surface area contributed by atoms with Gasteiger partial charge in [0.05, 0.1) is 29.8 Å². The highest BCUT2D eigenvalue weighted by molar-refractivity contribution is 6.12. The van der Waals surface area contributed by atoms with Crippen molar-refractivity contribution in [1.29, 1.82) is 0 Å². The molecular weight excluding hydrogens is 438 g/mol. The first kappa shape index (κ1) is 23.2. The highest BCUT2D eigenvalue weighted by atomic mass is 16.5. The summed E-state index contributed by atoms with van der Waals surface area (Å²) in [6.07, 6.45) is 0.873. The number of benzene rings is 3. The molecule has 1 aliphatic rings. The van der Waals surface area contributed by atoms with Crippen LogP contribution in [-0.2, 0) is 6.42 Å². The molecule has 0 aliphatic heterocycles. The highest BCUT2D eigenvalue weighted by Gasteiger charge is 2.43. The van der Waals surface area contributed by atoms with Crippen LogP contribution in [0.2, 0.25) is 0 Å². The fourth-order valence-electron chi connectivity index (χ4n) is 4.60. The molecule has 1 heterocycles. The van der Waals surface area contributed by atoms with E-state index in [-0.39, 0.29) is 24.9 Å². The Morgan fingerprint density at radius 1 is 1.00 bits per heavy atom. The molecule has 4 aromatic rings. The lowest BCUT2D eigenvalue weighted by atomic mass is 9.92. The lowest BCUT2D eigenvalue weighted by molar-refractivity contribution is 0.0944.